The molecule has 0 saturated heterocycles. The lowest BCUT2D eigenvalue weighted by atomic mass is 9.95. The third-order valence-corrected chi connectivity index (χ3v) is 3.50. The number of amides is 2. The van der Waals surface area contributed by atoms with Crippen LogP contribution >= 0.6 is 0 Å². The van der Waals surface area contributed by atoms with E-state index in [1.54, 1.807) is 25.1 Å². The number of hydrogen-bond donors (Lipinski definition) is 2. The number of rotatable bonds is 5. The van der Waals surface area contributed by atoms with Crippen molar-refractivity contribution in [1.29, 1.82) is 0 Å². The lowest BCUT2D eigenvalue weighted by Crippen LogP contribution is -2.45. The Kier molecular flexibility index (Phi) is 5.10. The molecule has 1 aliphatic rings. The number of methoxy groups -OCH3 is 2. The van der Waals surface area contributed by atoms with E-state index in [0.717, 1.165) is 0 Å². The molecule has 0 aliphatic carbocycles. The number of benzene rings is 1. The van der Waals surface area contributed by atoms with Crippen LogP contribution in [-0.2, 0) is 9.53 Å². The summed E-state index contributed by atoms with van der Waals surface area (Å²) in [5.74, 6) is 0.617. The second kappa shape index (κ2) is 7.04. The zero-order chi connectivity index (χ0) is 17.0. The smallest absolute Gasteiger partial charge is 0.337 e. The van der Waals surface area contributed by atoms with Crippen LogP contribution in [0.5, 0.6) is 11.5 Å². The minimum Gasteiger partial charge on any atom is -0.493 e. The van der Waals surface area contributed by atoms with Crippen LogP contribution in [0.15, 0.2) is 29.5 Å². The largest absolute Gasteiger partial charge is 0.493 e. The van der Waals surface area contributed by atoms with E-state index < -0.39 is 12.0 Å². The van der Waals surface area contributed by atoms with Gasteiger partial charge < -0.3 is 24.8 Å². The summed E-state index contributed by atoms with van der Waals surface area (Å²) in [4.78, 5) is 23.8. The highest BCUT2D eigenvalue weighted by Gasteiger charge is 2.32. The number of ether oxygens (including phenoxy) is 3. The molecule has 0 saturated carbocycles. The number of carbonyl (C=O) groups excluding carboxylic acids is 2. The molecular formula is C16H20N2O5. The quantitative estimate of drug-likeness (QED) is 0.809. The Balaban J connectivity index is 2.47. The number of urea groups is 1. The van der Waals surface area contributed by atoms with Crippen LogP contribution in [0.25, 0.3) is 0 Å². The molecular weight excluding hydrogens is 300 g/mol. The molecule has 0 radical (unpaired) electrons. The SMILES string of the molecule is CCOc1ccc([C@@H]2NC(=O)NC(C)=C2C(=O)OC)cc1OC. The van der Waals surface area contributed by atoms with E-state index in [1.807, 2.05) is 6.92 Å². The molecule has 1 aliphatic heterocycles. The van der Waals surface area contributed by atoms with Gasteiger partial charge in [-0.3, -0.25) is 0 Å². The predicted molar refractivity (Wildman–Crippen MR) is 83.3 cm³/mol. The van der Waals surface area contributed by atoms with Crippen molar-refractivity contribution in [1.82, 2.24) is 10.6 Å². The van der Waals surface area contributed by atoms with Crippen molar-refractivity contribution in [3.8, 4) is 11.5 Å². The van der Waals surface area contributed by atoms with Gasteiger partial charge in [0.15, 0.2) is 11.5 Å². The Morgan fingerprint density at radius 2 is 2.00 bits per heavy atom. The Morgan fingerprint density at radius 1 is 1.26 bits per heavy atom. The van der Waals surface area contributed by atoms with Crippen LogP contribution in [-0.4, -0.2) is 32.8 Å². The fourth-order valence-electron chi connectivity index (χ4n) is 2.46. The Hall–Kier alpha value is -2.70. The van der Waals surface area contributed by atoms with E-state index in [0.29, 0.717) is 34.9 Å². The average Bonchev–Trinajstić information content (AvgIpc) is 2.54. The van der Waals surface area contributed by atoms with Gasteiger partial charge in [0.25, 0.3) is 0 Å². The molecule has 0 fully saturated rings. The first-order chi connectivity index (χ1) is 11.0. The number of carbonyl (C=O) groups is 2. The molecule has 7 heteroatoms. The Morgan fingerprint density at radius 3 is 2.61 bits per heavy atom. The summed E-state index contributed by atoms with van der Waals surface area (Å²) in [6.07, 6.45) is 0. The van der Waals surface area contributed by atoms with Gasteiger partial charge in [-0.2, -0.15) is 0 Å². The van der Waals surface area contributed by atoms with Gasteiger partial charge in [0.1, 0.15) is 0 Å². The van der Waals surface area contributed by atoms with Crippen LogP contribution in [0.3, 0.4) is 0 Å². The highest BCUT2D eigenvalue weighted by Crippen LogP contribution is 2.34. The van der Waals surface area contributed by atoms with Crippen molar-refractivity contribution in [3.63, 3.8) is 0 Å². The molecule has 1 atom stereocenters. The first-order valence-corrected chi connectivity index (χ1v) is 7.19. The molecule has 0 spiro atoms. The summed E-state index contributed by atoms with van der Waals surface area (Å²) in [5, 5.41) is 5.30. The Bertz CT molecular complexity index is 654. The summed E-state index contributed by atoms with van der Waals surface area (Å²) in [6.45, 7) is 4.04. The normalized spacial score (nSPS) is 17.2. The molecule has 23 heavy (non-hydrogen) atoms. The van der Waals surface area contributed by atoms with Gasteiger partial charge in [0, 0.05) is 5.70 Å². The highest BCUT2D eigenvalue weighted by atomic mass is 16.5. The zero-order valence-corrected chi connectivity index (χ0v) is 13.6. The number of allylic oxidation sites excluding steroid dienone is 1. The van der Waals surface area contributed by atoms with Gasteiger partial charge >= 0.3 is 12.0 Å². The number of nitrogens with one attached hydrogen (secondary N) is 2. The monoisotopic (exact) mass is 320 g/mol. The summed E-state index contributed by atoms with van der Waals surface area (Å²) in [5.41, 5.74) is 1.50. The van der Waals surface area contributed by atoms with Crippen LogP contribution in [0.2, 0.25) is 0 Å². The van der Waals surface area contributed by atoms with Gasteiger partial charge in [0.2, 0.25) is 0 Å². The fourth-order valence-corrected chi connectivity index (χ4v) is 2.46. The average molecular weight is 320 g/mol. The maximum atomic E-state index is 12.1. The molecule has 1 aromatic rings. The first-order valence-electron chi connectivity index (χ1n) is 7.19. The van der Waals surface area contributed by atoms with Gasteiger partial charge in [-0.15, -0.1) is 0 Å². The topological polar surface area (TPSA) is 85.9 Å². The predicted octanol–water partition coefficient (Wildman–Crippen LogP) is 1.89. The van der Waals surface area contributed by atoms with E-state index in [4.69, 9.17) is 14.2 Å². The summed E-state index contributed by atoms with van der Waals surface area (Å²) < 4.78 is 15.6. The third kappa shape index (κ3) is 3.39. The number of hydrogen-bond acceptors (Lipinski definition) is 5. The lowest BCUT2D eigenvalue weighted by Gasteiger charge is -2.28. The van der Waals surface area contributed by atoms with Gasteiger partial charge in [-0.05, 0) is 31.5 Å². The molecule has 0 aromatic heterocycles. The van der Waals surface area contributed by atoms with E-state index in [-0.39, 0.29) is 6.03 Å². The highest BCUT2D eigenvalue weighted by molar-refractivity contribution is 5.94. The summed E-state index contributed by atoms with van der Waals surface area (Å²) in [7, 11) is 2.83. The summed E-state index contributed by atoms with van der Waals surface area (Å²) >= 11 is 0. The molecule has 7 nitrogen and oxygen atoms in total. The van der Waals surface area contributed by atoms with E-state index in [1.165, 1.54) is 14.2 Å². The standard InChI is InChI=1S/C16H20N2O5/c1-5-23-11-7-6-10(8-12(11)21-3)14-13(15(19)22-4)9(2)17-16(20)18-14/h6-8,14H,5H2,1-4H3,(H2,17,18,20)/t14-/m0/s1. The van der Waals surface area contributed by atoms with Gasteiger partial charge in [-0.1, -0.05) is 6.07 Å². The summed E-state index contributed by atoms with van der Waals surface area (Å²) in [6, 6.07) is 4.25. The van der Waals surface area contributed by atoms with Crippen molar-refractivity contribution < 1.29 is 23.8 Å². The maximum Gasteiger partial charge on any atom is 0.337 e. The van der Waals surface area contributed by atoms with Crippen LogP contribution in [0, 0.1) is 0 Å². The van der Waals surface area contributed by atoms with Gasteiger partial charge in [-0.25, -0.2) is 9.59 Å². The molecule has 1 heterocycles. The molecule has 2 N–H and O–H groups in total. The number of esters is 1. The van der Waals surface area contributed by atoms with Crippen molar-refractivity contribution >= 4 is 12.0 Å². The van der Waals surface area contributed by atoms with Crippen LogP contribution in [0.1, 0.15) is 25.5 Å². The molecule has 1 aromatic carbocycles. The van der Waals surface area contributed by atoms with E-state index >= 15 is 0 Å². The molecule has 2 rings (SSSR count). The minimum absolute atomic E-state index is 0.346. The molecule has 124 valence electrons. The Labute approximate surface area is 134 Å². The van der Waals surface area contributed by atoms with Gasteiger partial charge in [0.05, 0.1) is 32.4 Å². The third-order valence-electron chi connectivity index (χ3n) is 3.50. The van der Waals surface area contributed by atoms with Crippen LogP contribution in [0.4, 0.5) is 4.79 Å². The molecule has 0 bridgehead atoms. The zero-order valence-electron chi connectivity index (χ0n) is 13.6. The van der Waals surface area contributed by atoms with Crippen molar-refractivity contribution in [2.45, 2.75) is 19.9 Å². The fraction of sp³-hybridized carbons (Fsp3) is 0.375. The van der Waals surface area contributed by atoms with Crippen molar-refractivity contribution in [3.05, 3.63) is 35.0 Å². The van der Waals surface area contributed by atoms with Crippen molar-refractivity contribution in [2.24, 2.45) is 0 Å². The minimum atomic E-state index is -0.624. The van der Waals surface area contributed by atoms with Crippen molar-refractivity contribution in [2.75, 3.05) is 20.8 Å². The van der Waals surface area contributed by atoms with E-state index in [2.05, 4.69) is 10.6 Å². The van der Waals surface area contributed by atoms with Crippen LogP contribution < -0.4 is 20.1 Å². The second-order valence-corrected chi connectivity index (χ2v) is 4.91. The molecule has 0 unspecified atom stereocenters. The maximum absolute atomic E-state index is 12.1. The molecule has 2 amide bonds. The van der Waals surface area contributed by atoms with E-state index in [9.17, 15) is 9.59 Å². The first kappa shape index (κ1) is 16.7. The lowest BCUT2D eigenvalue weighted by molar-refractivity contribution is -0.136. The second-order valence-electron chi connectivity index (χ2n) is 4.91.